The van der Waals surface area contributed by atoms with E-state index >= 15 is 0 Å². The maximum absolute atomic E-state index is 14.1. The first kappa shape index (κ1) is 22.4. The van der Waals surface area contributed by atoms with Gasteiger partial charge in [-0.1, -0.05) is 24.3 Å². The molecule has 4 heterocycles. The number of halogens is 2. The van der Waals surface area contributed by atoms with Crippen LogP contribution in [0.5, 0.6) is 11.5 Å². The van der Waals surface area contributed by atoms with Gasteiger partial charge in [0.25, 0.3) is 0 Å². The van der Waals surface area contributed by atoms with Crippen LogP contribution in [0.3, 0.4) is 0 Å². The summed E-state index contributed by atoms with van der Waals surface area (Å²) >= 11 is 1.66. The number of H-pyrrole nitrogens is 1. The summed E-state index contributed by atoms with van der Waals surface area (Å²) in [5.41, 5.74) is 4.89. The maximum Gasteiger partial charge on any atom is 0.214 e. The number of ketones is 1. The highest BCUT2D eigenvalue weighted by Crippen LogP contribution is 2.34. The molecule has 0 spiro atoms. The van der Waals surface area contributed by atoms with Crippen LogP contribution in [0.15, 0.2) is 84.4 Å². The molecule has 0 unspecified atom stereocenters. The molecule has 0 bridgehead atoms. The minimum Gasteiger partial charge on any atom is -0.454 e. The van der Waals surface area contributed by atoms with Gasteiger partial charge in [-0.15, -0.1) is 11.3 Å². The van der Waals surface area contributed by atoms with Gasteiger partial charge in [0.1, 0.15) is 11.4 Å². The number of aromatic nitrogens is 4. The second-order valence-corrected chi connectivity index (χ2v) is 9.86. The van der Waals surface area contributed by atoms with Gasteiger partial charge in [0, 0.05) is 34.5 Å². The molecule has 0 amide bonds. The number of benzene rings is 3. The molecular weight excluding hydrogens is 506 g/mol. The van der Waals surface area contributed by atoms with Crippen LogP contribution >= 0.6 is 11.3 Å². The van der Waals surface area contributed by atoms with Crippen molar-refractivity contribution in [3.8, 4) is 21.9 Å². The van der Waals surface area contributed by atoms with Crippen molar-refractivity contribution >= 4 is 44.7 Å². The third-order valence-corrected chi connectivity index (χ3v) is 7.62. The number of imidazole rings is 1. The van der Waals surface area contributed by atoms with Gasteiger partial charge in [-0.25, -0.2) is 8.91 Å². The lowest BCUT2D eigenvalue weighted by atomic mass is 10.1. The van der Waals surface area contributed by atoms with E-state index in [1.165, 1.54) is 12.1 Å². The molecule has 4 aromatic heterocycles. The lowest BCUT2D eigenvalue weighted by molar-refractivity contribution is 0.103. The van der Waals surface area contributed by atoms with Crippen LogP contribution in [0.1, 0.15) is 16.1 Å². The molecule has 0 radical (unpaired) electrons. The zero-order chi connectivity index (χ0) is 26.0. The number of thiophene rings is 1. The molecule has 38 heavy (non-hydrogen) atoms. The van der Waals surface area contributed by atoms with E-state index in [0.717, 1.165) is 27.4 Å². The number of hydrogen-bond acceptors (Lipinski definition) is 4. The van der Waals surface area contributed by atoms with Crippen molar-refractivity contribution in [2.24, 2.45) is 7.05 Å². The van der Waals surface area contributed by atoms with Gasteiger partial charge in [0.15, 0.2) is 11.6 Å². The Hall–Kier alpha value is -4.76. The number of fused-ring (bicyclic) bond motifs is 4. The Bertz CT molecular complexity index is 2020. The Morgan fingerprint density at radius 3 is 2.71 bits per heavy atom. The molecule has 0 atom stereocenters. The monoisotopic (exact) mass is 524 g/mol. The standard InChI is InChI=1S/C29H18F2N4O2S/c1-34-22-7-2-5-17(26-9-4-12-38-26)18(22)14-24(34)28(36)19-15-32-35-23-11-10-16(13-21(23)33-29(19)35)37-25-8-3-6-20(30)27(25)31/h2-15,33H,1H3. The number of carbonyl (C=O) groups excluding carboxylic acids is 1. The summed E-state index contributed by atoms with van der Waals surface area (Å²) in [5, 5.41) is 7.48. The second-order valence-electron chi connectivity index (χ2n) is 8.91. The highest BCUT2D eigenvalue weighted by atomic mass is 32.1. The highest BCUT2D eigenvalue weighted by molar-refractivity contribution is 7.13. The van der Waals surface area contributed by atoms with Gasteiger partial charge in [0.05, 0.1) is 28.5 Å². The third kappa shape index (κ3) is 3.36. The van der Waals surface area contributed by atoms with E-state index in [4.69, 9.17) is 4.74 Å². The summed E-state index contributed by atoms with van der Waals surface area (Å²) in [7, 11) is 1.88. The Kier molecular flexibility index (Phi) is 4.95. The summed E-state index contributed by atoms with van der Waals surface area (Å²) < 4.78 is 36.8. The average Bonchev–Trinajstić information content (AvgIpc) is 3.70. The van der Waals surface area contributed by atoms with Crippen LogP contribution in [0, 0.1) is 11.6 Å². The number of ether oxygens (including phenoxy) is 1. The van der Waals surface area contributed by atoms with Crippen LogP contribution in [0.2, 0.25) is 0 Å². The summed E-state index contributed by atoms with van der Waals surface area (Å²) in [6.07, 6.45) is 1.55. The lowest BCUT2D eigenvalue weighted by Crippen LogP contribution is -2.06. The largest absolute Gasteiger partial charge is 0.454 e. The van der Waals surface area contributed by atoms with Crippen molar-refractivity contribution in [1.82, 2.24) is 19.2 Å². The SMILES string of the molecule is Cn1c(C(=O)c2cnn3c2[nH]c2cc(Oc4cccc(F)c4F)ccc23)cc2c(-c3cccs3)cccc21. The number of nitrogens with one attached hydrogen (secondary N) is 1. The van der Waals surface area contributed by atoms with Gasteiger partial charge in [-0.3, -0.25) is 4.79 Å². The number of nitrogens with zero attached hydrogens (tertiary/aromatic N) is 3. The minimum atomic E-state index is -1.06. The maximum atomic E-state index is 14.1. The molecule has 0 saturated carbocycles. The van der Waals surface area contributed by atoms with E-state index in [2.05, 4.69) is 22.2 Å². The van der Waals surface area contributed by atoms with Crippen LogP contribution < -0.4 is 4.74 Å². The van der Waals surface area contributed by atoms with Crippen LogP contribution in [0.25, 0.3) is 38.0 Å². The second kappa shape index (κ2) is 8.39. The predicted molar refractivity (Wildman–Crippen MR) is 143 cm³/mol. The van der Waals surface area contributed by atoms with E-state index in [0.29, 0.717) is 33.7 Å². The molecule has 0 saturated heterocycles. The topological polar surface area (TPSA) is 64.3 Å². The lowest BCUT2D eigenvalue weighted by Gasteiger charge is -2.07. The fourth-order valence-corrected chi connectivity index (χ4v) is 5.63. The molecule has 7 aromatic rings. The van der Waals surface area contributed by atoms with E-state index in [1.807, 2.05) is 41.3 Å². The van der Waals surface area contributed by atoms with E-state index < -0.39 is 11.6 Å². The van der Waals surface area contributed by atoms with Crippen molar-refractivity contribution in [1.29, 1.82) is 0 Å². The zero-order valence-corrected chi connectivity index (χ0v) is 20.7. The molecule has 7 rings (SSSR count). The Morgan fingerprint density at radius 2 is 1.87 bits per heavy atom. The Morgan fingerprint density at radius 1 is 1.00 bits per heavy atom. The Balaban J connectivity index is 1.29. The van der Waals surface area contributed by atoms with Crippen LogP contribution in [0.4, 0.5) is 8.78 Å². The first-order chi connectivity index (χ1) is 18.5. The average molecular weight is 525 g/mol. The molecule has 0 aliphatic rings. The van der Waals surface area contributed by atoms with Crippen LogP contribution in [-0.4, -0.2) is 24.9 Å². The van der Waals surface area contributed by atoms with Crippen molar-refractivity contribution in [2.75, 3.05) is 0 Å². The van der Waals surface area contributed by atoms with E-state index in [1.54, 1.807) is 40.2 Å². The number of aromatic amines is 1. The summed E-state index contributed by atoms with van der Waals surface area (Å²) in [5.74, 6) is -2.11. The molecule has 9 heteroatoms. The summed E-state index contributed by atoms with van der Waals surface area (Å²) in [6.45, 7) is 0. The molecule has 6 nitrogen and oxygen atoms in total. The fraction of sp³-hybridized carbons (Fsp3) is 0.0345. The Labute approximate surface area is 218 Å². The van der Waals surface area contributed by atoms with Gasteiger partial charge in [-0.05, 0) is 47.8 Å². The molecule has 0 aliphatic carbocycles. The number of hydrogen-bond donors (Lipinski definition) is 1. The number of carbonyl (C=O) groups is 1. The molecular formula is C29H18F2N4O2S. The van der Waals surface area contributed by atoms with Gasteiger partial charge in [-0.2, -0.15) is 9.49 Å². The van der Waals surface area contributed by atoms with Crippen LogP contribution in [-0.2, 0) is 7.05 Å². The third-order valence-electron chi connectivity index (χ3n) is 6.71. The predicted octanol–water partition coefficient (Wildman–Crippen LogP) is 7.34. The summed E-state index contributed by atoms with van der Waals surface area (Å²) in [4.78, 5) is 18.1. The summed E-state index contributed by atoms with van der Waals surface area (Å²) in [6, 6.07) is 20.9. The number of aryl methyl sites for hydroxylation is 1. The van der Waals surface area contributed by atoms with Crippen molar-refractivity contribution in [3.63, 3.8) is 0 Å². The molecule has 0 aliphatic heterocycles. The van der Waals surface area contributed by atoms with Crippen molar-refractivity contribution in [2.45, 2.75) is 0 Å². The fourth-order valence-electron chi connectivity index (χ4n) is 4.86. The molecule has 1 N–H and O–H groups in total. The first-order valence-corrected chi connectivity index (χ1v) is 12.7. The molecule has 0 fully saturated rings. The molecule has 186 valence electrons. The van der Waals surface area contributed by atoms with Gasteiger partial charge in [0.2, 0.25) is 11.6 Å². The smallest absolute Gasteiger partial charge is 0.214 e. The normalized spacial score (nSPS) is 11.7. The van der Waals surface area contributed by atoms with Crippen molar-refractivity contribution in [3.05, 3.63) is 107 Å². The first-order valence-electron chi connectivity index (χ1n) is 11.8. The minimum absolute atomic E-state index is 0.166. The highest BCUT2D eigenvalue weighted by Gasteiger charge is 2.23. The van der Waals surface area contributed by atoms with E-state index in [-0.39, 0.29) is 11.5 Å². The number of rotatable bonds is 5. The quantitative estimate of drug-likeness (QED) is 0.240. The van der Waals surface area contributed by atoms with E-state index in [9.17, 15) is 13.6 Å². The molecule has 3 aromatic carbocycles. The zero-order valence-electron chi connectivity index (χ0n) is 19.9. The van der Waals surface area contributed by atoms with Gasteiger partial charge < -0.3 is 14.3 Å². The van der Waals surface area contributed by atoms with Gasteiger partial charge >= 0.3 is 0 Å². The van der Waals surface area contributed by atoms with Crippen molar-refractivity contribution < 1.29 is 18.3 Å².